The quantitative estimate of drug-likeness (QED) is 0.795. The van der Waals surface area contributed by atoms with Gasteiger partial charge in [0.05, 0.1) is 0 Å². The molecule has 0 spiro atoms. The fourth-order valence-corrected chi connectivity index (χ4v) is 2.08. The number of carbonyl (C=O) groups excluding carboxylic acids is 1. The minimum Gasteiger partial charge on any atom is -0.370 e. The van der Waals surface area contributed by atoms with E-state index >= 15 is 0 Å². The van der Waals surface area contributed by atoms with Crippen molar-refractivity contribution in [2.75, 3.05) is 24.5 Å². The lowest BCUT2D eigenvalue weighted by atomic mass is 10.0. The average molecular weight is 350 g/mol. The maximum Gasteiger partial charge on any atom is 0.224 e. The van der Waals surface area contributed by atoms with Crippen LogP contribution in [0.2, 0.25) is 0 Å². The Morgan fingerprint density at radius 3 is 2.36 bits per heavy atom. The zero-order valence-corrected chi connectivity index (χ0v) is 15.5. The second-order valence-corrected chi connectivity index (χ2v) is 5.30. The molecule has 0 bridgehead atoms. The molecule has 3 N–H and O–H groups in total. The first-order valence-electron chi connectivity index (χ1n) is 7.31. The van der Waals surface area contributed by atoms with Crippen LogP contribution in [0, 0.1) is 12.8 Å². The molecule has 1 rings (SSSR count). The predicted octanol–water partition coefficient (Wildman–Crippen LogP) is 2.76. The summed E-state index contributed by atoms with van der Waals surface area (Å²) in [6.45, 7) is 10.3. The number of carbonyl (C=O) groups is 1. The molecule has 4 nitrogen and oxygen atoms in total. The Morgan fingerprint density at radius 1 is 1.27 bits per heavy atom. The number of rotatable bonds is 7. The maximum absolute atomic E-state index is 11.8. The summed E-state index contributed by atoms with van der Waals surface area (Å²) in [5.74, 6) is -0.121. The molecule has 1 aromatic carbocycles. The Hall–Kier alpha value is -0.970. The number of likely N-dealkylation sites (N-methyl/N-ethyl adjacent to an activating group) is 1. The fraction of sp³-hybridized carbons (Fsp3) is 0.562. The van der Waals surface area contributed by atoms with E-state index in [1.54, 1.807) is 0 Å². The standard InChI is InChI=1S/C16H27N3O.2ClH/c1-5-19(15-9-7-6-8-12(15)2)11-10-18-16(20)13(3)14(4)17;;/h6-9,13-14H,5,10-11,17H2,1-4H3,(H,18,20);2*1H. The van der Waals surface area contributed by atoms with E-state index in [0.29, 0.717) is 6.54 Å². The van der Waals surface area contributed by atoms with Gasteiger partial charge in [-0.2, -0.15) is 0 Å². The minimum absolute atomic E-state index is 0. The highest BCUT2D eigenvalue weighted by atomic mass is 35.5. The van der Waals surface area contributed by atoms with E-state index in [1.807, 2.05) is 26.0 Å². The van der Waals surface area contributed by atoms with Crippen molar-refractivity contribution in [3.8, 4) is 0 Å². The summed E-state index contributed by atoms with van der Waals surface area (Å²) in [6.07, 6.45) is 0. The largest absolute Gasteiger partial charge is 0.370 e. The fourth-order valence-electron chi connectivity index (χ4n) is 2.08. The Bertz CT molecular complexity index is 441. The van der Waals surface area contributed by atoms with Gasteiger partial charge in [-0.3, -0.25) is 4.79 Å². The van der Waals surface area contributed by atoms with Gasteiger partial charge in [0.15, 0.2) is 0 Å². The van der Waals surface area contributed by atoms with Crippen LogP contribution >= 0.6 is 24.8 Å². The van der Waals surface area contributed by atoms with Crippen molar-refractivity contribution in [3.05, 3.63) is 29.8 Å². The molecular weight excluding hydrogens is 321 g/mol. The molecule has 128 valence electrons. The molecule has 0 saturated heterocycles. The molecule has 0 heterocycles. The summed E-state index contributed by atoms with van der Waals surface area (Å²) in [7, 11) is 0. The van der Waals surface area contributed by atoms with Crippen molar-refractivity contribution in [1.82, 2.24) is 5.32 Å². The van der Waals surface area contributed by atoms with Gasteiger partial charge in [0.2, 0.25) is 5.91 Å². The molecule has 6 heteroatoms. The van der Waals surface area contributed by atoms with Gasteiger partial charge in [-0.1, -0.05) is 25.1 Å². The smallest absolute Gasteiger partial charge is 0.224 e. The molecule has 1 amide bonds. The third kappa shape index (κ3) is 6.86. The third-order valence-electron chi connectivity index (χ3n) is 3.72. The van der Waals surface area contributed by atoms with Crippen LogP contribution in [-0.2, 0) is 4.79 Å². The molecule has 0 aliphatic rings. The van der Waals surface area contributed by atoms with Crippen molar-refractivity contribution in [2.24, 2.45) is 11.7 Å². The summed E-state index contributed by atoms with van der Waals surface area (Å²) < 4.78 is 0. The van der Waals surface area contributed by atoms with Crippen LogP contribution in [0.3, 0.4) is 0 Å². The number of hydrogen-bond donors (Lipinski definition) is 2. The number of para-hydroxylation sites is 1. The van der Waals surface area contributed by atoms with Crippen LogP contribution in [0.25, 0.3) is 0 Å². The molecule has 0 radical (unpaired) electrons. The van der Waals surface area contributed by atoms with Crippen LogP contribution in [0.1, 0.15) is 26.3 Å². The molecule has 2 unspecified atom stereocenters. The number of hydrogen-bond acceptors (Lipinski definition) is 3. The number of anilines is 1. The molecule has 0 fully saturated rings. The lowest BCUT2D eigenvalue weighted by Gasteiger charge is -2.25. The molecular formula is C16H29Cl2N3O. The van der Waals surface area contributed by atoms with Gasteiger partial charge in [0.1, 0.15) is 0 Å². The zero-order chi connectivity index (χ0) is 15.1. The Kier molecular flexibility index (Phi) is 12.3. The highest BCUT2D eigenvalue weighted by Gasteiger charge is 2.16. The average Bonchev–Trinajstić information content (AvgIpc) is 2.43. The number of nitrogens with zero attached hydrogens (tertiary/aromatic N) is 1. The lowest BCUT2D eigenvalue weighted by molar-refractivity contribution is -0.124. The van der Waals surface area contributed by atoms with E-state index in [0.717, 1.165) is 13.1 Å². The molecule has 0 aliphatic carbocycles. The summed E-state index contributed by atoms with van der Waals surface area (Å²) in [5, 5.41) is 2.96. The van der Waals surface area contributed by atoms with E-state index in [4.69, 9.17) is 5.73 Å². The van der Waals surface area contributed by atoms with E-state index in [1.165, 1.54) is 11.3 Å². The third-order valence-corrected chi connectivity index (χ3v) is 3.72. The van der Waals surface area contributed by atoms with E-state index < -0.39 is 0 Å². The SMILES string of the molecule is CCN(CCNC(=O)C(C)C(C)N)c1ccccc1C.Cl.Cl. The van der Waals surface area contributed by atoms with Crippen LogP contribution in [0.5, 0.6) is 0 Å². The molecule has 0 aromatic heterocycles. The highest BCUT2D eigenvalue weighted by Crippen LogP contribution is 2.18. The number of aryl methyl sites for hydroxylation is 1. The van der Waals surface area contributed by atoms with Gasteiger partial charge in [-0.15, -0.1) is 24.8 Å². The molecule has 1 aromatic rings. The number of nitrogens with one attached hydrogen (secondary N) is 1. The first-order valence-corrected chi connectivity index (χ1v) is 7.31. The highest BCUT2D eigenvalue weighted by molar-refractivity contribution is 5.85. The van der Waals surface area contributed by atoms with Crippen molar-refractivity contribution in [1.29, 1.82) is 0 Å². The molecule has 0 saturated carbocycles. The first kappa shape index (κ1) is 23.3. The second-order valence-electron chi connectivity index (χ2n) is 5.30. The van der Waals surface area contributed by atoms with Crippen molar-refractivity contribution in [3.63, 3.8) is 0 Å². The van der Waals surface area contributed by atoms with Crippen molar-refractivity contribution >= 4 is 36.4 Å². The van der Waals surface area contributed by atoms with Crippen LogP contribution < -0.4 is 16.0 Å². The number of amides is 1. The first-order chi connectivity index (χ1) is 9.47. The van der Waals surface area contributed by atoms with Gasteiger partial charge in [0, 0.05) is 37.3 Å². The Balaban J connectivity index is 0. The van der Waals surface area contributed by atoms with Crippen LogP contribution in [0.4, 0.5) is 5.69 Å². The summed E-state index contributed by atoms with van der Waals surface area (Å²) in [5.41, 5.74) is 8.21. The summed E-state index contributed by atoms with van der Waals surface area (Å²) in [4.78, 5) is 14.1. The number of halogens is 2. The molecule has 22 heavy (non-hydrogen) atoms. The zero-order valence-electron chi connectivity index (χ0n) is 13.8. The Labute approximate surface area is 146 Å². The van der Waals surface area contributed by atoms with E-state index in [2.05, 4.69) is 36.2 Å². The normalized spacial score (nSPS) is 12.4. The monoisotopic (exact) mass is 349 g/mol. The van der Waals surface area contributed by atoms with Crippen molar-refractivity contribution in [2.45, 2.75) is 33.7 Å². The van der Waals surface area contributed by atoms with Gasteiger partial charge in [-0.25, -0.2) is 0 Å². The molecule has 2 atom stereocenters. The molecule has 0 aliphatic heterocycles. The van der Waals surface area contributed by atoms with E-state index in [-0.39, 0.29) is 42.7 Å². The predicted molar refractivity (Wildman–Crippen MR) is 99.4 cm³/mol. The van der Waals surface area contributed by atoms with Gasteiger partial charge >= 0.3 is 0 Å². The van der Waals surface area contributed by atoms with Crippen molar-refractivity contribution < 1.29 is 4.79 Å². The lowest BCUT2D eigenvalue weighted by Crippen LogP contribution is -2.42. The number of benzene rings is 1. The Morgan fingerprint density at radius 2 is 1.86 bits per heavy atom. The van der Waals surface area contributed by atoms with Gasteiger partial charge in [-0.05, 0) is 32.4 Å². The van der Waals surface area contributed by atoms with Crippen LogP contribution in [0.15, 0.2) is 24.3 Å². The summed E-state index contributed by atoms with van der Waals surface area (Å²) >= 11 is 0. The second kappa shape index (κ2) is 11.6. The van der Waals surface area contributed by atoms with E-state index in [9.17, 15) is 4.79 Å². The van der Waals surface area contributed by atoms with Gasteiger partial charge in [0.25, 0.3) is 0 Å². The van der Waals surface area contributed by atoms with Gasteiger partial charge < -0.3 is 16.0 Å². The summed E-state index contributed by atoms with van der Waals surface area (Å²) in [6, 6.07) is 8.19. The topological polar surface area (TPSA) is 58.4 Å². The van der Waals surface area contributed by atoms with Crippen LogP contribution in [-0.4, -0.2) is 31.6 Å². The number of nitrogens with two attached hydrogens (primary N) is 1. The minimum atomic E-state index is -0.150. The maximum atomic E-state index is 11.8.